The number of carbonyl (C=O) groups excluding carboxylic acids is 1. The van der Waals surface area contributed by atoms with Crippen LogP contribution in [0, 0.1) is 0 Å². The normalized spacial score (nSPS) is 16.4. The highest BCUT2D eigenvalue weighted by Gasteiger charge is 2.17. The van der Waals surface area contributed by atoms with Crippen LogP contribution >= 0.6 is 0 Å². The molecule has 0 saturated carbocycles. The van der Waals surface area contributed by atoms with Gasteiger partial charge in [0.25, 0.3) is 5.91 Å². The number of hydrogen-bond acceptors (Lipinski definition) is 3. The van der Waals surface area contributed by atoms with Crippen LogP contribution < -0.4 is 5.32 Å². The van der Waals surface area contributed by atoms with E-state index in [4.69, 9.17) is 0 Å². The minimum Gasteiger partial charge on any atom is -0.342 e. The minimum absolute atomic E-state index is 0.114. The largest absolute Gasteiger partial charge is 0.342 e. The average molecular weight is 272 g/mol. The number of aryl methyl sites for hydroxylation is 1. The number of nitrogens with one attached hydrogen (secondary N) is 2. The van der Waals surface area contributed by atoms with Gasteiger partial charge in [-0.05, 0) is 31.2 Å². The number of aromatic nitrogens is 2. The molecule has 0 bridgehead atoms. The van der Waals surface area contributed by atoms with Crippen LogP contribution in [-0.4, -0.2) is 47.0 Å². The molecule has 1 saturated heterocycles. The third-order valence-corrected chi connectivity index (χ3v) is 3.74. The highest BCUT2D eigenvalue weighted by molar-refractivity contribution is 5.97. The van der Waals surface area contributed by atoms with Crippen molar-refractivity contribution in [2.75, 3.05) is 26.2 Å². The predicted octanol–water partition coefficient (Wildman–Crippen LogP) is 1.56. The molecule has 2 aromatic rings. The second-order valence-electron chi connectivity index (χ2n) is 5.16. The standard InChI is InChI=1S/C15H20N4O/c1-2-14-17-12-5-4-11(10-13(12)18-14)15(20)19-8-3-6-16-7-9-19/h4-5,10,16H,2-3,6-9H2,1H3,(H,17,18). The molecule has 0 unspecified atom stereocenters. The summed E-state index contributed by atoms with van der Waals surface area (Å²) in [5.41, 5.74) is 2.61. The summed E-state index contributed by atoms with van der Waals surface area (Å²) in [7, 11) is 0. The van der Waals surface area contributed by atoms with Gasteiger partial charge in [-0.1, -0.05) is 6.92 Å². The molecule has 0 aliphatic carbocycles. The number of fused-ring (bicyclic) bond motifs is 1. The Morgan fingerprint density at radius 3 is 3.10 bits per heavy atom. The summed E-state index contributed by atoms with van der Waals surface area (Å²) in [6.45, 7) is 5.53. The zero-order valence-electron chi connectivity index (χ0n) is 11.8. The van der Waals surface area contributed by atoms with Crippen LogP contribution in [0.1, 0.15) is 29.5 Å². The van der Waals surface area contributed by atoms with Crippen molar-refractivity contribution in [2.24, 2.45) is 0 Å². The Morgan fingerprint density at radius 1 is 1.35 bits per heavy atom. The lowest BCUT2D eigenvalue weighted by molar-refractivity contribution is 0.0766. The van der Waals surface area contributed by atoms with Crippen molar-refractivity contribution in [3.8, 4) is 0 Å². The molecule has 0 radical (unpaired) electrons. The Bertz CT molecular complexity index is 611. The van der Waals surface area contributed by atoms with Crippen LogP contribution in [0.3, 0.4) is 0 Å². The van der Waals surface area contributed by atoms with Crippen molar-refractivity contribution in [2.45, 2.75) is 19.8 Å². The molecular weight excluding hydrogens is 252 g/mol. The van der Waals surface area contributed by atoms with Crippen molar-refractivity contribution in [1.82, 2.24) is 20.2 Å². The van der Waals surface area contributed by atoms with Crippen LogP contribution in [0.5, 0.6) is 0 Å². The molecule has 2 heterocycles. The lowest BCUT2D eigenvalue weighted by Crippen LogP contribution is -2.34. The number of aromatic amines is 1. The molecule has 1 amide bonds. The van der Waals surface area contributed by atoms with E-state index in [1.165, 1.54) is 0 Å². The quantitative estimate of drug-likeness (QED) is 0.872. The van der Waals surface area contributed by atoms with E-state index in [0.717, 1.165) is 61.4 Å². The highest BCUT2D eigenvalue weighted by atomic mass is 16.2. The molecule has 20 heavy (non-hydrogen) atoms. The van der Waals surface area contributed by atoms with Crippen LogP contribution in [0.2, 0.25) is 0 Å². The van der Waals surface area contributed by atoms with Crippen LogP contribution in [-0.2, 0) is 6.42 Å². The Hall–Kier alpha value is -1.88. The summed E-state index contributed by atoms with van der Waals surface area (Å²) in [6, 6.07) is 5.72. The number of carbonyl (C=O) groups is 1. The van der Waals surface area contributed by atoms with Gasteiger partial charge in [-0.2, -0.15) is 0 Å². The first-order valence-corrected chi connectivity index (χ1v) is 7.26. The monoisotopic (exact) mass is 272 g/mol. The fourth-order valence-electron chi connectivity index (χ4n) is 2.59. The molecule has 2 N–H and O–H groups in total. The van der Waals surface area contributed by atoms with Crippen molar-refractivity contribution in [3.05, 3.63) is 29.6 Å². The first-order valence-electron chi connectivity index (χ1n) is 7.26. The summed E-state index contributed by atoms with van der Waals surface area (Å²) < 4.78 is 0. The highest BCUT2D eigenvalue weighted by Crippen LogP contribution is 2.16. The summed E-state index contributed by atoms with van der Waals surface area (Å²) in [5.74, 6) is 1.08. The zero-order chi connectivity index (χ0) is 13.9. The molecule has 1 aromatic heterocycles. The fourth-order valence-corrected chi connectivity index (χ4v) is 2.59. The molecule has 106 valence electrons. The molecule has 0 spiro atoms. The van der Waals surface area contributed by atoms with E-state index in [1.807, 2.05) is 23.1 Å². The van der Waals surface area contributed by atoms with Gasteiger partial charge in [0.15, 0.2) is 0 Å². The van der Waals surface area contributed by atoms with Gasteiger partial charge >= 0.3 is 0 Å². The van der Waals surface area contributed by atoms with E-state index in [0.29, 0.717) is 0 Å². The van der Waals surface area contributed by atoms with Crippen molar-refractivity contribution in [1.29, 1.82) is 0 Å². The maximum atomic E-state index is 12.5. The molecular formula is C15H20N4O. The first-order chi connectivity index (χ1) is 9.78. The summed E-state index contributed by atoms with van der Waals surface area (Å²) >= 11 is 0. The number of nitrogens with zero attached hydrogens (tertiary/aromatic N) is 2. The van der Waals surface area contributed by atoms with E-state index in [-0.39, 0.29) is 5.91 Å². The Labute approximate surface area is 118 Å². The minimum atomic E-state index is 0.114. The van der Waals surface area contributed by atoms with E-state index in [1.54, 1.807) is 0 Å². The molecule has 1 aliphatic heterocycles. The lowest BCUT2D eigenvalue weighted by atomic mass is 10.1. The molecule has 1 aliphatic rings. The summed E-state index contributed by atoms with van der Waals surface area (Å²) in [5, 5.41) is 3.31. The number of amides is 1. The van der Waals surface area contributed by atoms with Crippen molar-refractivity contribution in [3.63, 3.8) is 0 Å². The van der Waals surface area contributed by atoms with E-state index in [2.05, 4.69) is 22.2 Å². The van der Waals surface area contributed by atoms with Crippen LogP contribution in [0.15, 0.2) is 18.2 Å². The Balaban J connectivity index is 1.86. The van der Waals surface area contributed by atoms with Gasteiger partial charge in [0, 0.05) is 31.6 Å². The van der Waals surface area contributed by atoms with Gasteiger partial charge in [0.1, 0.15) is 5.82 Å². The Morgan fingerprint density at radius 2 is 2.25 bits per heavy atom. The number of H-pyrrole nitrogens is 1. The fraction of sp³-hybridized carbons (Fsp3) is 0.467. The third-order valence-electron chi connectivity index (χ3n) is 3.74. The van der Waals surface area contributed by atoms with Gasteiger partial charge in [0.2, 0.25) is 0 Å². The maximum absolute atomic E-state index is 12.5. The zero-order valence-corrected chi connectivity index (χ0v) is 11.8. The summed E-state index contributed by atoms with van der Waals surface area (Å²) in [4.78, 5) is 22.2. The van der Waals surface area contributed by atoms with Gasteiger partial charge in [-0.25, -0.2) is 4.98 Å². The maximum Gasteiger partial charge on any atom is 0.253 e. The predicted molar refractivity (Wildman–Crippen MR) is 78.9 cm³/mol. The lowest BCUT2D eigenvalue weighted by Gasteiger charge is -2.19. The SMILES string of the molecule is CCc1nc2ccc(C(=O)N3CCCNCC3)cc2[nH]1. The molecule has 3 rings (SSSR count). The van der Waals surface area contributed by atoms with E-state index < -0.39 is 0 Å². The van der Waals surface area contributed by atoms with E-state index >= 15 is 0 Å². The Kier molecular flexibility index (Phi) is 3.69. The van der Waals surface area contributed by atoms with Gasteiger partial charge in [0.05, 0.1) is 11.0 Å². The van der Waals surface area contributed by atoms with Crippen molar-refractivity contribution < 1.29 is 4.79 Å². The third kappa shape index (κ3) is 2.54. The molecule has 5 nitrogen and oxygen atoms in total. The van der Waals surface area contributed by atoms with Gasteiger partial charge in [-0.15, -0.1) is 0 Å². The number of hydrogen-bond donors (Lipinski definition) is 2. The molecule has 5 heteroatoms. The second kappa shape index (κ2) is 5.63. The van der Waals surface area contributed by atoms with Crippen molar-refractivity contribution >= 4 is 16.9 Å². The van der Waals surface area contributed by atoms with E-state index in [9.17, 15) is 4.79 Å². The number of benzene rings is 1. The second-order valence-corrected chi connectivity index (χ2v) is 5.16. The van der Waals surface area contributed by atoms with Crippen LogP contribution in [0.25, 0.3) is 11.0 Å². The average Bonchev–Trinajstić information content (AvgIpc) is 2.70. The molecule has 1 fully saturated rings. The smallest absolute Gasteiger partial charge is 0.253 e. The summed E-state index contributed by atoms with van der Waals surface area (Å²) in [6.07, 6.45) is 1.88. The number of rotatable bonds is 2. The first kappa shape index (κ1) is 13.1. The molecule has 0 atom stereocenters. The number of imidazole rings is 1. The van der Waals surface area contributed by atoms with Gasteiger partial charge in [-0.3, -0.25) is 4.79 Å². The van der Waals surface area contributed by atoms with Crippen LogP contribution in [0.4, 0.5) is 0 Å². The topological polar surface area (TPSA) is 61.0 Å². The van der Waals surface area contributed by atoms with Gasteiger partial charge < -0.3 is 15.2 Å². The molecule has 1 aromatic carbocycles.